The lowest BCUT2D eigenvalue weighted by molar-refractivity contribution is 0.0735. The summed E-state index contributed by atoms with van der Waals surface area (Å²) in [6.07, 6.45) is 3.22. The molecule has 1 saturated carbocycles. The van der Waals surface area contributed by atoms with Crippen molar-refractivity contribution >= 4 is 5.91 Å². The molecule has 1 spiro atoms. The molecule has 2 aliphatic heterocycles. The molecule has 2 heterocycles. The maximum absolute atomic E-state index is 12.9. The van der Waals surface area contributed by atoms with Gasteiger partial charge < -0.3 is 14.4 Å². The van der Waals surface area contributed by atoms with Crippen LogP contribution in [-0.2, 0) is 11.2 Å². The van der Waals surface area contributed by atoms with Crippen molar-refractivity contribution in [3.05, 3.63) is 29.3 Å². The van der Waals surface area contributed by atoms with Gasteiger partial charge >= 0.3 is 0 Å². The highest BCUT2D eigenvalue weighted by molar-refractivity contribution is 5.94. The fraction of sp³-hybridized carbons (Fsp3) is 0.611. The van der Waals surface area contributed by atoms with Crippen LogP contribution in [0.1, 0.15) is 42.6 Å². The number of nitrogens with zero attached hydrogens (tertiary/aromatic N) is 1. The van der Waals surface area contributed by atoms with Crippen molar-refractivity contribution < 1.29 is 14.3 Å². The van der Waals surface area contributed by atoms with E-state index in [4.69, 9.17) is 9.47 Å². The molecule has 2 fully saturated rings. The lowest BCUT2D eigenvalue weighted by Gasteiger charge is -2.23. The SMILES string of the molecule is CC1(C)Cc2cc(C(=O)N3CCOCC4(CC4)C3)ccc2O1. The van der Waals surface area contributed by atoms with Crippen LogP contribution in [0.3, 0.4) is 0 Å². The van der Waals surface area contributed by atoms with Crippen LogP contribution in [0, 0.1) is 5.41 Å². The fourth-order valence-electron chi connectivity index (χ4n) is 3.57. The van der Waals surface area contributed by atoms with Crippen LogP contribution in [0.25, 0.3) is 0 Å². The van der Waals surface area contributed by atoms with E-state index in [9.17, 15) is 4.79 Å². The minimum Gasteiger partial charge on any atom is -0.487 e. The van der Waals surface area contributed by atoms with Crippen molar-refractivity contribution in [3.8, 4) is 5.75 Å². The van der Waals surface area contributed by atoms with E-state index in [1.165, 1.54) is 12.8 Å². The average Bonchev–Trinajstić information content (AvgIpc) is 3.20. The number of ether oxygens (including phenoxy) is 2. The molecule has 0 unspecified atom stereocenters. The Hall–Kier alpha value is -1.55. The van der Waals surface area contributed by atoms with E-state index < -0.39 is 0 Å². The summed E-state index contributed by atoms with van der Waals surface area (Å²) in [7, 11) is 0. The van der Waals surface area contributed by atoms with Crippen LogP contribution < -0.4 is 4.74 Å². The molecule has 1 amide bonds. The van der Waals surface area contributed by atoms with Gasteiger partial charge in [-0.15, -0.1) is 0 Å². The first-order valence-corrected chi connectivity index (χ1v) is 8.16. The minimum atomic E-state index is -0.168. The van der Waals surface area contributed by atoms with Crippen molar-refractivity contribution in [3.63, 3.8) is 0 Å². The second kappa shape index (κ2) is 4.72. The molecule has 4 heteroatoms. The first-order valence-electron chi connectivity index (χ1n) is 8.16. The first-order chi connectivity index (χ1) is 10.5. The van der Waals surface area contributed by atoms with E-state index in [2.05, 4.69) is 13.8 Å². The van der Waals surface area contributed by atoms with Crippen LogP contribution >= 0.6 is 0 Å². The Bertz CT molecular complexity index is 619. The van der Waals surface area contributed by atoms with Crippen molar-refractivity contribution in [1.29, 1.82) is 0 Å². The molecule has 22 heavy (non-hydrogen) atoms. The summed E-state index contributed by atoms with van der Waals surface area (Å²) in [6, 6.07) is 5.85. The zero-order valence-electron chi connectivity index (χ0n) is 13.4. The third-order valence-corrected chi connectivity index (χ3v) is 4.99. The molecule has 0 bridgehead atoms. The number of hydrogen-bond acceptors (Lipinski definition) is 3. The molecule has 1 aliphatic carbocycles. The Kier molecular flexibility index (Phi) is 3.02. The lowest BCUT2D eigenvalue weighted by Crippen LogP contribution is -2.36. The zero-order chi connectivity index (χ0) is 15.4. The van der Waals surface area contributed by atoms with Gasteiger partial charge in [-0.2, -0.15) is 0 Å². The van der Waals surface area contributed by atoms with Gasteiger partial charge in [0.15, 0.2) is 0 Å². The molecule has 3 aliphatic rings. The summed E-state index contributed by atoms with van der Waals surface area (Å²) in [4.78, 5) is 14.8. The van der Waals surface area contributed by atoms with Crippen LogP contribution in [0.5, 0.6) is 5.75 Å². The van der Waals surface area contributed by atoms with Crippen molar-refractivity contribution in [2.45, 2.75) is 38.7 Å². The third kappa shape index (κ3) is 2.50. The van der Waals surface area contributed by atoms with E-state index >= 15 is 0 Å². The molecule has 4 rings (SSSR count). The number of hydrogen-bond donors (Lipinski definition) is 0. The second-order valence-corrected chi connectivity index (χ2v) is 7.64. The smallest absolute Gasteiger partial charge is 0.253 e. The predicted molar refractivity (Wildman–Crippen MR) is 83.2 cm³/mol. The van der Waals surface area contributed by atoms with E-state index in [-0.39, 0.29) is 16.9 Å². The van der Waals surface area contributed by atoms with Crippen LogP contribution in [0.2, 0.25) is 0 Å². The summed E-state index contributed by atoms with van der Waals surface area (Å²) >= 11 is 0. The number of rotatable bonds is 1. The Morgan fingerprint density at radius 3 is 2.86 bits per heavy atom. The summed E-state index contributed by atoms with van der Waals surface area (Å²) in [5.74, 6) is 1.05. The first kappa shape index (κ1) is 14.1. The van der Waals surface area contributed by atoms with E-state index in [0.717, 1.165) is 36.4 Å². The Balaban J connectivity index is 1.56. The van der Waals surface area contributed by atoms with E-state index in [0.29, 0.717) is 13.2 Å². The van der Waals surface area contributed by atoms with Crippen LogP contribution in [0.15, 0.2) is 18.2 Å². The average molecular weight is 301 g/mol. The Morgan fingerprint density at radius 2 is 2.09 bits per heavy atom. The normalized spacial score (nSPS) is 24.5. The molecular formula is C18H23NO3. The summed E-state index contributed by atoms with van der Waals surface area (Å²) < 4.78 is 11.6. The van der Waals surface area contributed by atoms with Gasteiger partial charge in [-0.05, 0) is 50.5 Å². The number of carbonyl (C=O) groups excluding carboxylic acids is 1. The maximum atomic E-state index is 12.9. The van der Waals surface area contributed by atoms with Crippen LogP contribution in [0.4, 0.5) is 0 Å². The second-order valence-electron chi connectivity index (χ2n) is 7.64. The van der Waals surface area contributed by atoms with Gasteiger partial charge in [-0.3, -0.25) is 4.79 Å². The monoisotopic (exact) mass is 301 g/mol. The van der Waals surface area contributed by atoms with Gasteiger partial charge in [-0.25, -0.2) is 0 Å². The third-order valence-electron chi connectivity index (χ3n) is 4.99. The standard InChI is InChI=1S/C18H23NO3/c1-17(2)10-14-9-13(3-4-15(14)22-17)16(20)19-7-8-21-12-18(11-19)5-6-18/h3-4,9H,5-8,10-12H2,1-2H3. The number of amides is 1. The Morgan fingerprint density at radius 1 is 1.27 bits per heavy atom. The van der Waals surface area contributed by atoms with Gasteiger partial charge in [-0.1, -0.05) is 0 Å². The summed E-state index contributed by atoms with van der Waals surface area (Å²) in [5.41, 5.74) is 1.99. The summed E-state index contributed by atoms with van der Waals surface area (Å²) in [5, 5.41) is 0. The lowest BCUT2D eigenvalue weighted by atomic mass is 9.99. The van der Waals surface area contributed by atoms with Crippen LogP contribution in [-0.4, -0.2) is 42.7 Å². The molecule has 118 valence electrons. The highest BCUT2D eigenvalue weighted by atomic mass is 16.5. The van der Waals surface area contributed by atoms with E-state index in [1.54, 1.807) is 0 Å². The van der Waals surface area contributed by atoms with Gasteiger partial charge in [0.25, 0.3) is 5.91 Å². The number of fused-ring (bicyclic) bond motifs is 1. The quantitative estimate of drug-likeness (QED) is 0.800. The Labute approximate surface area is 131 Å². The van der Waals surface area contributed by atoms with Gasteiger partial charge in [0.05, 0.1) is 13.2 Å². The predicted octanol–water partition coefficient (Wildman–Crippen LogP) is 2.65. The fourth-order valence-corrected chi connectivity index (χ4v) is 3.57. The van der Waals surface area contributed by atoms with Gasteiger partial charge in [0.2, 0.25) is 0 Å². The molecular weight excluding hydrogens is 278 g/mol. The van der Waals surface area contributed by atoms with Gasteiger partial charge in [0.1, 0.15) is 11.4 Å². The molecule has 1 aromatic carbocycles. The molecule has 0 radical (unpaired) electrons. The highest BCUT2D eigenvalue weighted by Gasteiger charge is 2.46. The minimum absolute atomic E-state index is 0.129. The van der Waals surface area contributed by atoms with E-state index in [1.807, 2.05) is 23.1 Å². The summed E-state index contributed by atoms with van der Waals surface area (Å²) in [6.45, 7) is 7.15. The maximum Gasteiger partial charge on any atom is 0.253 e. The van der Waals surface area contributed by atoms with Crippen molar-refractivity contribution in [2.24, 2.45) is 5.41 Å². The number of carbonyl (C=O) groups is 1. The molecule has 1 aromatic rings. The molecule has 0 N–H and O–H groups in total. The van der Waals surface area contributed by atoms with Gasteiger partial charge in [0, 0.05) is 30.5 Å². The number of benzene rings is 1. The highest BCUT2D eigenvalue weighted by Crippen LogP contribution is 2.47. The molecule has 1 saturated heterocycles. The molecule has 0 atom stereocenters. The topological polar surface area (TPSA) is 38.8 Å². The largest absolute Gasteiger partial charge is 0.487 e. The molecule has 0 aromatic heterocycles. The van der Waals surface area contributed by atoms with Crippen molar-refractivity contribution in [2.75, 3.05) is 26.3 Å². The molecule has 4 nitrogen and oxygen atoms in total. The van der Waals surface area contributed by atoms with Crippen molar-refractivity contribution in [1.82, 2.24) is 4.90 Å². The zero-order valence-corrected chi connectivity index (χ0v) is 13.4.